The van der Waals surface area contributed by atoms with Crippen LogP contribution in [0.15, 0.2) is 46.9 Å². The summed E-state index contributed by atoms with van der Waals surface area (Å²) in [6.45, 7) is 2.14. The van der Waals surface area contributed by atoms with Gasteiger partial charge in [0.05, 0.1) is 0 Å². The second-order valence-corrected chi connectivity index (χ2v) is 7.23. The molecular weight excluding hydrogens is 322 g/mol. The van der Waals surface area contributed by atoms with Crippen LogP contribution in [-0.4, -0.2) is 0 Å². The van der Waals surface area contributed by atoms with E-state index < -0.39 is 0 Å². The average Bonchev–Trinajstić information content (AvgIpc) is 2.49. The van der Waals surface area contributed by atoms with Crippen molar-refractivity contribution >= 4 is 15.9 Å². The molecule has 0 saturated heterocycles. The van der Waals surface area contributed by atoms with Crippen molar-refractivity contribution in [1.29, 1.82) is 0 Å². The molecule has 1 nitrogen and oxygen atoms in total. The third-order valence-electron chi connectivity index (χ3n) is 4.52. The first-order valence-electron chi connectivity index (χ1n) is 7.71. The fourth-order valence-corrected chi connectivity index (χ4v) is 3.65. The molecule has 110 valence electrons. The Labute approximate surface area is 135 Å². The summed E-state index contributed by atoms with van der Waals surface area (Å²) in [5.41, 5.74) is 11.8. The maximum atomic E-state index is 6.65. The van der Waals surface area contributed by atoms with Crippen molar-refractivity contribution in [3.05, 3.63) is 69.2 Å². The molecule has 1 aliphatic rings. The zero-order chi connectivity index (χ0) is 14.9. The minimum atomic E-state index is -0.337. The number of aryl methyl sites for hydroxylation is 2. The van der Waals surface area contributed by atoms with Crippen molar-refractivity contribution in [2.75, 3.05) is 0 Å². The van der Waals surface area contributed by atoms with Gasteiger partial charge in [0.1, 0.15) is 0 Å². The molecular formula is C19H22BrN. The van der Waals surface area contributed by atoms with Gasteiger partial charge in [-0.05, 0) is 67.3 Å². The van der Waals surface area contributed by atoms with Gasteiger partial charge in [-0.25, -0.2) is 0 Å². The maximum absolute atomic E-state index is 6.65. The molecule has 0 aromatic heterocycles. The summed E-state index contributed by atoms with van der Waals surface area (Å²) in [7, 11) is 0. The van der Waals surface area contributed by atoms with E-state index in [0.717, 1.165) is 10.9 Å². The van der Waals surface area contributed by atoms with Crippen molar-refractivity contribution in [3.63, 3.8) is 0 Å². The molecule has 2 heteroatoms. The summed E-state index contributed by atoms with van der Waals surface area (Å²) in [5.74, 6) is 0. The number of hydrogen-bond donors (Lipinski definition) is 1. The summed E-state index contributed by atoms with van der Waals surface area (Å²) in [6, 6.07) is 15.2. The zero-order valence-electron chi connectivity index (χ0n) is 12.5. The Balaban J connectivity index is 1.89. The molecule has 0 amide bonds. The van der Waals surface area contributed by atoms with Crippen molar-refractivity contribution in [2.24, 2.45) is 5.73 Å². The molecule has 2 N–H and O–H groups in total. The number of halogens is 1. The summed E-state index contributed by atoms with van der Waals surface area (Å²) in [6.07, 6.45) is 5.90. The first-order valence-corrected chi connectivity index (χ1v) is 8.50. The van der Waals surface area contributed by atoms with Crippen LogP contribution in [0.1, 0.15) is 42.0 Å². The van der Waals surface area contributed by atoms with Crippen LogP contribution in [0.2, 0.25) is 0 Å². The van der Waals surface area contributed by atoms with E-state index in [2.05, 4.69) is 59.3 Å². The molecule has 1 atom stereocenters. The quantitative estimate of drug-likeness (QED) is 0.855. The van der Waals surface area contributed by atoms with Gasteiger partial charge in [0.25, 0.3) is 0 Å². The normalized spacial score (nSPS) is 17.1. The second-order valence-electron chi connectivity index (χ2n) is 6.38. The van der Waals surface area contributed by atoms with Crippen LogP contribution in [0.5, 0.6) is 0 Å². The largest absolute Gasteiger partial charge is 0.321 e. The lowest BCUT2D eigenvalue weighted by atomic mass is 9.82. The lowest BCUT2D eigenvalue weighted by Crippen LogP contribution is -2.35. The van der Waals surface area contributed by atoms with E-state index in [-0.39, 0.29) is 5.54 Å². The number of nitrogens with two attached hydrogens (primary N) is 1. The predicted octanol–water partition coefficient (Wildman–Crippen LogP) is 4.74. The number of fused-ring (bicyclic) bond motifs is 1. The SMILES string of the molecule is CC(N)(Cc1ccccc1Br)c1ccc2c(c1)CCCC2. The highest BCUT2D eigenvalue weighted by Gasteiger charge is 2.24. The Hall–Kier alpha value is -1.12. The molecule has 0 heterocycles. The fourth-order valence-electron chi connectivity index (χ4n) is 3.23. The first kappa shape index (κ1) is 14.8. The summed E-state index contributed by atoms with van der Waals surface area (Å²) < 4.78 is 1.14. The topological polar surface area (TPSA) is 26.0 Å². The van der Waals surface area contributed by atoms with Crippen LogP contribution in [0.3, 0.4) is 0 Å². The van der Waals surface area contributed by atoms with Crippen LogP contribution in [0.4, 0.5) is 0 Å². The molecule has 0 bridgehead atoms. The highest BCUT2D eigenvalue weighted by Crippen LogP contribution is 2.30. The Morgan fingerprint density at radius 3 is 2.52 bits per heavy atom. The van der Waals surface area contributed by atoms with Gasteiger partial charge in [0, 0.05) is 10.0 Å². The van der Waals surface area contributed by atoms with Crippen molar-refractivity contribution in [1.82, 2.24) is 0 Å². The summed E-state index contributed by atoms with van der Waals surface area (Å²) in [5, 5.41) is 0. The third kappa shape index (κ3) is 3.22. The molecule has 0 saturated carbocycles. The maximum Gasteiger partial charge on any atom is 0.0422 e. The highest BCUT2D eigenvalue weighted by molar-refractivity contribution is 9.10. The van der Waals surface area contributed by atoms with Gasteiger partial charge in [-0.3, -0.25) is 0 Å². The van der Waals surface area contributed by atoms with Gasteiger partial charge in [-0.1, -0.05) is 52.3 Å². The monoisotopic (exact) mass is 343 g/mol. The molecule has 1 aliphatic carbocycles. The van der Waals surface area contributed by atoms with Gasteiger partial charge < -0.3 is 5.73 Å². The summed E-state index contributed by atoms with van der Waals surface area (Å²) in [4.78, 5) is 0. The number of hydrogen-bond acceptors (Lipinski definition) is 1. The van der Waals surface area contributed by atoms with Gasteiger partial charge >= 0.3 is 0 Å². The third-order valence-corrected chi connectivity index (χ3v) is 5.30. The van der Waals surface area contributed by atoms with E-state index in [1.807, 2.05) is 6.07 Å². The lowest BCUT2D eigenvalue weighted by molar-refractivity contribution is 0.489. The fraction of sp³-hybridized carbons (Fsp3) is 0.368. The van der Waals surface area contributed by atoms with Crippen LogP contribution in [-0.2, 0) is 24.8 Å². The molecule has 21 heavy (non-hydrogen) atoms. The Kier molecular flexibility index (Phi) is 4.19. The van der Waals surface area contributed by atoms with Crippen LogP contribution in [0.25, 0.3) is 0 Å². The van der Waals surface area contributed by atoms with E-state index in [4.69, 9.17) is 5.73 Å². The number of rotatable bonds is 3. The molecule has 0 spiro atoms. The first-order chi connectivity index (χ1) is 10.1. The van der Waals surface area contributed by atoms with Crippen LogP contribution < -0.4 is 5.73 Å². The molecule has 2 aromatic carbocycles. The van der Waals surface area contributed by atoms with E-state index in [0.29, 0.717) is 0 Å². The zero-order valence-corrected chi connectivity index (χ0v) is 14.1. The van der Waals surface area contributed by atoms with Gasteiger partial charge in [-0.2, -0.15) is 0 Å². The van der Waals surface area contributed by atoms with Crippen molar-refractivity contribution in [3.8, 4) is 0 Å². The van der Waals surface area contributed by atoms with E-state index in [9.17, 15) is 0 Å². The standard InChI is InChI=1S/C19H22BrN/c1-19(21,13-16-8-4-5-9-18(16)20)17-11-10-14-6-2-3-7-15(14)12-17/h4-5,8-12H,2-3,6-7,13,21H2,1H3. The Bertz CT molecular complexity index is 646. The molecule has 3 rings (SSSR count). The summed E-state index contributed by atoms with van der Waals surface area (Å²) >= 11 is 3.63. The van der Waals surface area contributed by atoms with Crippen molar-refractivity contribution < 1.29 is 0 Å². The Morgan fingerprint density at radius 2 is 1.76 bits per heavy atom. The molecule has 1 unspecified atom stereocenters. The number of benzene rings is 2. The minimum Gasteiger partial charge on any atom is -0.321 e. The van der Waals surface area contributed by atoms with E-state index in [1.165, 1.54) is 47.9 Å². The lowest BCUT2D eigenvalue weighted by Gasteiger charge is -2.28. The van der Waals surface area contributed by atoms with Gasteiger partial charge in [-0.15, -0.1) is 0 Å². The van der Waals surface area contributed by atoms with Crippen LogP contribution >= 0.6 is 15.9 Å². The molecule has 0 aliphatic heterocycles. The van der Waals surface area contributed by atoms with Gasteiger partial charge in [0.15, 0.2) is 0 Å². The molecule has 0 radical (unpaired) electrons. The predicted molar refractivity (Wildman–Crippen MR) is 92.5 cm³/mol. The Morgan fingerprint density at radius 1 is 1.05 bits per heavy atom. The average molecular weight is 344 g/mol. The van der Waals surface area contributed by atoms with Gasteiger partial charge in [0.2, 0.25) is 0 Å². The van der Waals surface area contributed by atoms with E-state index in [1.54, 1.807) is 0 Å². The van der Waals surface area contributed by atoms with E-state index >= 15 is 0 Å². The smallest absolute Gasteiger partial charge is 0.0422 e. The molecule has 2 aromatic rings. The van der Waals surface area contributed by atoms with Crippen LogP contribution in [0, 0.1) is 0 Å². The minimum absolute atomic E-state index is 0.337. The highest BCUT2D eigenvalue weighted by atomic mass is 79.9. The second kappa shape index (κ2) is 5.94. The molecule has 0 fully saturated rings. The van der Waals surface area contributed by atoms with Crippen molar-refractivity contribution in [2.45, 2.75) is 44.6 Å².